The minimum Gasteiger partial charge on any atom is -0.504 e. The van der Waals surface area contributed by atoms with Crippen molar-refractivity contribution in [1.29, 1.82) is 0 Å². The molecule has 1 aliphatic rings. The van der Waals surface area contributed by atoms with E-state index in [1.54, 1.807) is 30.3 Å². The van der Waals surface area contributed by atoms with E-state index in [-0.39, 0.29) is 60.9 Å². The van der Waals surface area contributed by atoms with Gasteiger partial charge in [-0.05, 0) is 78.4 Å². The van der Waals surface area contributed by atoms with Crippen LogP contribution in [0.1, 0.15) is 36.0 Å². The van der Waals surface area contributed by atoms with Crippen LogP contribution in [0.3, 0.4) is 0 Å². The van der Waals surface area contributed by atoms with E-state index in [1.807, 2.05) is 0 Å². The van der Waals surface area contributed by atoms with Crippen molar-refractivity contribution in [2.45, 2.75) is 68.9 Å². The molecule has 3 aromatic rings. The summed E-state index contributed by atoms with van der Waals surface area (Å²) in [5.41, 5.74) is 1.85. The predicted molar refractivity (Wildman–Crippen MR) is 177 cm³/mol. The van der Waals surface area contributed by atoms with E-state index >= 15 is 0 Å². The molecule has 7 N–H and O–H groups in total. The Morgan fingerprint density at radius 2 is 1.42 bits per heavy atom. The zero-order valence-corrected chi connectivity index (χ0v) is 27.5. The number of rotatable bonds is 16. The Morgan fingerprint density at radius 1 is 0.780 bits per heavy atom. The SMILES string of the molecule is COc1ccc(C=CC(=O)OC[C@@H]2O[C@@H](O[C@H](CCc3ccc(O)c(O)c3)CC(=O)CCc3ccc(O)c(O)c3)[C@H](O)[C@@H](O)[C@@H]2O)cc1OC. The number of aliphatic hydroxyl groups excluding tert-OH is 3. The van der Waals surface area contributed by atoms with E-state index in [2.05, 4.69) is 0 Å². The molecule has 0 radical (unpaired) electrons. The Hall–Kier alpha value is -4.86. The fraction of sp³-hybridized carbons (Fsp3) is 0.389. The Balaban J connectivity index is 1.41. The van der Waals surface area contributed by atoms with Gasteiger partial charge < -0.3 is 59.4 Å². The van der Waals surface area contributed by atoms with Gasteiger partial charge in [0.15, 0.2) is 40.8 Å². The number of phenols is 4. The van der Waals surface area contributed by atoms with Crippen LogP contribution in [0, 0.1) is 0 Å². The first-order valence-corrected chi connectivity index (χ1v) is 15.8. The van der Waals surface area contributed by atoms with Gasteiger partial charge in [-0.2, -0.15) is 0 Å². The van der Waals surface area contributed by atoms with Crippen LogP contribution < -0.4 is 9.47 Å². The van der Waals surface area contributed by atoms with Crippen molar-refractivity contribution in [3.8, 4) is 34.5 Å². The Kier molecular flexibility index (Phi) is 13.4. The maximum Gasteiger partial charge on any atom is 0.330 e. The van der Waals surface area contributed by atoms with E-state index in [4.69, 9.17) is 23.7 Å². The standard InChI is InChI=1S/C36H42O14/c1-46-29-13-7-22(17-30(29)47-2)8-14-32(42)48-19-31-33(43)34(44)35(45)36(50-31)49-24(10-4-21-6-12-26(39)28(41)16-21)18-23(37)9-3-20-5-11-25(38)27(40)15-20/h5-8,11-17,24,31,33-36,38-41,43-45H,3-4,9-10,18-19H2,1-2H3/t24-,31+,33-,34+,35-,36-/m1/s1. The van der Waals surface area contributed by atoms with Crippen LogP contribution >= 0.6 is 0 Å². The number of esters is 1. The molecule has 0 spiro atoms. The van der Waals surface area contributed by atoms with Gasteiger partial charge in [0.2, 0.25) is 0 Å². The highest BCUT2D eigenvalue weighted by atomic mass is 16.7. The van der Waals surface area contributed by atoms with Crippen molar-refractivity contribution < 1.29 is 69.0 Å². The lowest BCUT2D eigenvalue weighted by atomic mass is 9.97. The summed E-state index contributed by atoms with van der Waals surface area (Å²) in [6.45, 7) is -0.504. The maximum atomic E-state index is 13.1. The highest BCUT2D eigenvalue weighted by molar-refractivity contribution is 5.87. The minimum absolute atomic E-state index is 0.0505. The molecule has 14 heteroatoms. The fourth-order valence-corrected chi connectivity index (χ4v) is 5.32. The number of benzene rings is 3. The smallest absolute Gasteiger partial charge is 0.330 e. The quantitative estimate of drug-likeness (QED) is 0.0649. The molecule has 270 valence electrons. The molecule has 1 heterocycles. The molecule has 1 saturated heterocycles. The number of aryl methyl sites for hydroxylation is 2. The monoisotopic (exact) mass is 698 g/mol. The van der Waals surface area contributed by atoms with Crippen molar-refractivity contribution in [3.63, 3.8) is 0 Å². The van der Waals surface area contributed by atoms with E-state index in [0.717, 1.165) is 6.08 Å². The second-order valence-corrected chi connectivity index (χ2v) is 11.8. The second-order valence-electron chi connectivity index (χ2n) is 11.8. The number of aromatic hydroxyl groups is 4. The van der Waals surface area contributed by atoms with Gasteiger partial charge in [-0.25, -0.2) is 4.79 Å². The van der Waals surface area contributed by atoms with Crippen LogP contribution in [0.15, 0.2) is 60.7 Å². The number of carbonyl (C=O) groups excluding carboxylic acids is 2. The normalized spacial score (nSPS) is 21.1. The fourth-order valence-electron chi connectivity index (χ4n) is 5.32. The summed E-state index contributed by atoms with van der Waals surface area (Å²) in [7, 11) is 2.97. The first-order valence-electron chi connectivity index (χ1n) is 15.8. The molecule has 0 amide bonds. The predicted octanol–water partition coefficient (Wildman–Crippen LogP) is 2.50. The number of methoxy groups -OCH3 is 2. The van der Waals surface area contributed by atoms with Crippen LogP contribution in [-0.4, -0.2) is 105 Å². The molecule has 0 bridgehead atoms. The highest BCUT2D eigenvalue weighted by Gasteiger charge is 2.45. The third-order valence-electron chi connectivity index (χ3n) is 8.19. The molecule has 3 aromatic carbocycles. The van der Waals surface area contributed by atoms with Gasteiger partial charge >= 0.3 is 5.97 Å². The van der Waals surface area contributed by atoms with Crippen LogP contribution in [0.5, 0.6) is 34.5 Å². The molecule has 14 nitrogen and oxygen atoms in total. The molecule has 0 saturated carbocycles. The number of ether oxygens (including phenoxy) is 5. The molecule has 0 unspecified atom stereocenters. The van der Waals surface area contributed by atoms with Crippen molar-refractivity contribution >= 4 is 17.8 Å². The number of carbonyl (C=O) groups is 2. The summed E-state index contributed by atoms with van der Waals surface area (Å²) >= 11 is 0. The lowest BCUT2D eigenvalue weighted by Gasteiger charge is -2.41. The summed E-state index contributed by atoms with van der Waals surface area (Å²) in [6.07, 6.45) is -5.59. The van der Waals surface area contributed by atoms with Gasteiger partial charge in [0.1, 0.15) is 36.8 Å². The average molecular weight is 699 g/mol. The van der Waals surface area contributed by atoms with E-state index in [0.29, 0.717) is 28.2 Å². The number of aliphatic hydroxyl groups is 3. The van der Waals surface area contributed by atoms with E-state index < -0.39 is 49.4 Å². The number of ketones is 1. The topological polar surface area (TPSA) is 222 Å². The Morgan fingerprint density at radius 3 is 2.04 bits per heavy atom. The largest absolute Gasteiger partial charge is 0.504 e. The van der Waals surface area contributed by atoms with Gasteiger partial charge in [0.25, 0.3) is 0 Å². The lowest BCUT2D eigenvalue weighted by Crippen LogP contribution is -2.60. The van der Waals surface area contributed by atoms with Gasteiger partial charge in [0, 0.05) is 18.9 Å². The van der Waals surface area contributed by atoms with Crippen LogP contribution in [0.4, 0.5) is 0 Å². The molecule has 0 aromatic heterocycles. The van der Waals surface area contributed by atoms with Crippen molar-refractivity contribution in [3.05, 3.63) is 77.4 Å². The summed E-state index contributed by atoms with van der Waals surface area (Å²) in [5, 5.41) is 70.8. The van der Waals surface area contributed by atoms with Crippen molar-refractivity contribution in [2.24, 2.45) is 0 Å². The van der Waals surface area contributed by atoms with E-state index in [9.17, 15) is 45.3 Å². The first kappa shape index (κ1) is 38.0. The zero-order chi connectivity index (χ0) is 36.4. The molecule has 1 fully saturated rings. The third kappa shape index (κ3) is 10.3. The van der Waals surface area contributed by atoms with Gasteiger partial charge in [-0.15, -0.1) is 0 Å². The van der Waals surface area contributed by atoms with Crippen molar-refractivity contribution in [1.82, 2.24) is 0 Å². The Bertz CT molecular complexity index is 1640. The van der Waals surface area contributed by atoms with Crippen LogP contribution in [0.2, 0.25) is 0 Å². The Labute approximate surface area is 288 Å². The molecule has 6 atom stereocenters. The summed E-state index contributed by atoms with van der Waals surface area (Å²) in [5.74, 6) is -1.28. The third-order valence-corrected chi connectivity index (χ3v) is 8.19. The summed E-state index contributed by atoms with van der Waals surface area (Å²) in [6, 6.07) is 13.5. The summed E-state index contributed by atoms with van der Waals surface area (Å²) < 4.78 is 27.5. The van der Waals surface area contributed by atoms with E-state index in [1.165, 1.54) is 44.6 Å². The number of hydrogen-bond acceptors (Lipinski definition) is 14. The van der Waals surface area contributed by atoms with Gasteiger partial charge in [-0.3, -0.25) is 4.79 Å². The molecule has 50 heavy (non-hydrogen) atoms. The maximum absolute atomic E-state index is 13.1. The van der Waals surface area contributed by atoms with Gasteiger partial charge in [0.05, 0.1) is 20.3 Å². The van der Waals surface area contributed by atoms with Gasteiger partial charge in [-0.1, -0.05) is 18.2 Å². The zero-order valence-electron chi connectivity index (χ0n) is 27.5. The van der Waals surface area contributed by atoms with Crippen LogP contribution in [0.25, 0.3) is 6.08 Å². The molecular formula is C36H42O14. The second kappa shape index (κ2) is 17.7. The van der Waals surface area contributed by atoms with Crippen LogP contribution in [-0.2, 0) is 36.6 Å². The molecule has 0 aliphatic carbocycles. The highest BCUT2D eigenvalue weighted by Crippen LogP contribution is 2.30. The number of Topliss-reactive ketones (excluding diaryl/α,β-unsaturated/α-hetero) is 1. The lowest BCUT2D eigenvalue weighted by molar-refractivity contribution is -0.311. The first-order chi connectivity index (χ1) is 23.9. The molecule has 1 aliphatic heterocycles. The average Bonchev–Trinajstić information content (AvgIpc) is 3.11. The minimum atomic E-state index is -1.74. The number of phenolic OH excluding ortho intramolecular Hbond substituents is 4. The van der Waals surface area contributed by atoms with Crippen molar-refractivity contribution in [2.75, 3.05) is 20.8 Å². The molecular weight excluding hydrogens is 656 g/mol. The molecule has 4 rings (SSSR count). The number of hydrogen-bond donors (Lipinski definition) is 7. The summed E-state index contributed by atoms with van der Waals surface area (Å²) in [4.78, 5) is 25.6.